The molecular weight excluding hydrogens is 482 g/mol. The van der Waals surface area contributed by atoms with Crippen molar-refractivity contribution in [2.24, 2.45) is 52.1 Å². The van der Waals surface area contributed by atoms with E-state index in [1.165, 1.54) is 44.9 Å². The summed E-state index contributed by atoms with van der Waals surface area (Å²) in [5.41, 5.74) is 5.16. The maximum absolute atomic E-state index is 12.5. The van der Waals surface area contributed by atoms with Gasteiger partial charge in [0.05, 0.1) is 11.7 Å². The van der Waals surface area contributed by atoms with E-state index in [1.807, 2.05) is 0 Å². The van der Waals surface area contributed by atoms with Gasteiger partial charge >= 0.3 is 0 Å². The van der Waals surface area contributed by atoms with Crippen LogP contribution < -0.4 is 16.4 Å². The molecule has 0 bridgehead atoms. The minimum atomic E-state index is -0.804. The molecular formula is C34H65N3O2. The Morgan fingerprint density at radius 2 is 1.62 bits per heavy atom. The number of aliphatic hydroxyl groups excluding tert-OH is 1. The summed E-state index contributed by atoms with van der Waals surface area (Å²) in [6.07, 6.45) is 15.9. The van der Waals surface area contributed by atoms with E-state index in [0.29, 0.717) is 23.7 Å². The molecule has 4 saturated carbocycles. The van der Waals surface area contributed by atoms with Crippen molar-refractivity contribution in [2.75, 3.05) is 26.2 Å². The minimum absolute atomic E-state index is 0.0914. The van der Waals surface area contributed by atoms with Crippen molar-refractivity contribution in [3.63, 3.8) is 0 Å². The second-order valence-corrected chi connectivity index (χ2v) is 15.5. The Balaban J connectivity index is 1.45. The number of nitrogens with one attached hydrogen (secondary N) is 2. The van der Waals surface area contributed by atoms with Crippen molar-refractivity contribution in [1.29, 1.82) is 0 Å². The molecule has 0 radical (unpaired) electrons. The number of fused-ring (bicyclic) bond motifs is 5. The van der Waals surface area contributed by atoms with Crippen molar-refractivity contribution in [3.05, 3.63) is 0 Å². The summed E-state index contributed by atoms with van der Waals surface area (Å²) in [7, 11) is 0. The quantitative estimate of drug-likeness (QED) is 0.176. The van der Waals surface area contributed by atoms with E-state index in [9.17, 15) is 10.2 Å². The lowest BCUT2D eigenvalue weighted by atomic mass is 9.42. The van der Waals surface area contributed by atoms with Crippen LogP contribution in [0.2, 0.25) is 0 Å². The lowest BCUT2D eigenvalue weighted by Gasteiger charge is -2.66. The molecule has 0 spiro atoms. The Morgan fingerprint density at radius 1 is 0.872 bits per heavy atom. The summed E-state index contributed by atoms with van der Waals surface area (Å²) >= 11 is 0. The van der Waals surface area contributed by atoms with Crippen molar-refractivity contribution >= 4 is 0 Å². The van der Waals surface area contributed by atoms with Crippen molar-refractivity contribution in [3.8, 4) is 0 Å². The van der Waals surface area contributed by atoms with Crippen LogP contribution in [-0.2, 0) is 0 Å². The summed E-state index contributed by atoms with van der Waals surface area (Å²) in [6, 6.07) is 0.0914. The van der Waals surface area contributed by atoms with Gasteiger partial charge in [-0.25, -0.2) is 0 Å². The van der Waals surface area contributed by atoms with Crippen LogP contribution in [0.4, 0.5) is 0 Å². The third kappa shape index (κ3) is 6.43. The van der Waals surface area contributed by atoms with Gasteiger partial charge in [0, 0.05) is 17.9 Å². The maximum atomic E-state index is 12.5. The summed E-state index contributed by atoms with van der Waals surface area (Å²) < 4.78 is 0. The standard InChI is InChI=1S/C34H65N3O2/c1-24(2)10-8-11-25(3)28-12-13-29-27-22-31(37-21-7-6-19-36-20-9-18-35)34(39)23-26(38)14-17-33(34,5)30(27)15-16-32(28,29)4/h24-31,36-39H,6-23,35H2,1-5H3/t25-,26+,27+,28-,29+,30+,31-,32-,33-,34+/m1/s1. The van der Waals surface area contributed by atoms with Crippen LogP contribution in [0.5, 0.6) is 0 Å². The molecule has 5 heteroatoms. The van der Waals surface area contributed by atoms with Crippen LogP contribution in [0.15, 0.2) is 0 Å². The van der Waals surface area contributed by atoms with E-state index >= 15 is 0 Å². The zero-order chi connectivity index (χ0) is 28.3. The first-order valence-corrected chi connectivity index (χ1v) is 17.1. The maximum Gasteiger partial charge on any atom is 0.0880 e. The molecule has 0 heterocycles. The lowest BCUT2D eigenvalue weighted by molar-refractivity contribution is -0.234. The number of hydrogen-bond acceptors (Lipinski definition) is 5. The average Bonchev–Trinajstić information content (AvgIpc) is 3.24. The van der Waals surface area contributed by atoms with Gasteiger partial charge < -0.3 is 26.6 Å². The molecule has 4 aliphatic carbocycles. The van der Waals surface area contributed by atoms with Crippen LogP contribution >= 0.6 is 0 Å². The van der Waals surface area contributed by atoms with E-state index in [0.717, 1.165) is 88.4 Å². The van der Waals surface area contributed by atoms with Gasteiger partial charge in [0.2, 0.25) is 0 Å². The van der Waals surface area contributed by atoms with E-state index in [2.05, 4.69) is 45.3 Å². The van der Waals surface area contributed by atoms with Gasteiger partial charge in [0.15, 0.2) is 0 Å². The molecule has 0 saturated heterocycles. The van der Waals surface area contributed by atoms with Gasteiger partial charge in [-0.2, -0.15) is 0 Å². The molecule has 0 aliphatic heterocycles. The number of hydrogen-bond donors (Lipinski definition) is 5. The van der Waals surface area contributed by atoms with Gasteiger partial charge in [-0.05, 0) is 131 Å². The first-order chi connectivity index (χ1) is 18.6. The van der Waals surface area contributed by atoms with Crippen LogP contribution in [0, 0.1) is 46.3 Å². The fraction of sp³-hybridized carbons (Fsp3) is 1.00. The normalized spacial score (nSPS) is 42.7. The Hall–Kier alpha value is -0.200. The van der Waals surface area contributed by atoms with Gasteiger partial charge in [0.1, 0.15) is 0 Å². The zero-order valence-electron chi connectivity index (χ0n) is 26.3. The predicted molar refractivity (Wildman–Crippen MR) is 163 cm³/mol. The van der Waals surface area contributed by atoms with Crippen molar-refractivity contribution < 1.29 is 10.2 Å². The van der Waals surface area contributed by atoms with Crippen LogP contribution in [0.3, 0.4) is 0 Å². The largest absolute Gasteiger partial charge is 0.393 e. The fourth-order valence-corrected chi connectivity index (χ4v) is 10.6. The van der Waals surface area contributed by atoms with Crippen LogP contribution in [-0.4, -0.2) is 54.1 Å². The second kappa shape index (κ2) is 13.4. The van der Waals surface area contributed by atoms with Crippen molar-refractivity contribution in [2.45, 2.75) is 142 Å². The van der Waals surface area contributed by atoms with Crippen molar-refractivity contribution in [1.82, 2.24) is 10.6 Å². The molecule has 5 nitrogen and oxygen atoms in total. The zero-order valence-corrected chi connectivity index (χ0v) is 26.3. The Morgan fingerprint density at radius 3 is 2.36 bits per heavy atom. The van der Waals surface area contributed by atoms with Gasteiger partial charge in [0.25, 0.3) is 0 Å². The molecule has 0 aromatic rings. The highest BCUT2D eigenvalue weighted by atomic mass is 16.3. The molecule has 0 unspecified atom stereocenters. The highest BCUT2D eigenvalue weighted by Crippen LogP contribution is 2.69. The van der Waals surface area contributed by atoms with Crippen LogP contribution in [0.25, 0.3) is 0 Å². The summed E-state index contributed by atoms with van der Waals surface area (Å²) in [5, 5.41) is 30.6. The molecule has 39 heavy (non-hydrogen) atoms. The minimum Gasteiger partial charge on any atom is -0.393 e. The van der Waals surface area contributed by atoms with Gasteiger partial charge in [-0.15, -0.1) is 0 Å². The number of unbranched alkanes of at least 4 members (excludes halogenated alkanes) is 1. The Kier molecular flexibility index (Phi) is 10.9. The molecule has 4 rings (SSSR count). The summed E-state index contributed by atoms with van der Waals surface area (Å²) in [4.78, 5) is 0. The SMILES string of the molecule is CC(C)CCC[C@@H](C)[C@H]1CC[C@H]2[C@@H]3C[C@@H](NCCCCNCCCN)[C@@]4(O)C[C@@H](O)CC[C@]4(C)[C@H]3CC[C@]12C. The number of nitrogens with two attached hydrogens (primary N) is 1. The number of aliphatic hydroxyl groups is 2. The molecule has 228 valence electrons. The lowest BCUT2D eigenvalue weighted by Crippen LogP contribution is -2.71. The highest BCUT2D eigenvalue weighted by Gasteiger charge is 2.67. The van der Waals surface area contributed by atoms with Crippen LogP contribution in [0.1, 0.15) is 125 Å². The fourth-order valence-electron chi connectivity index (χ4n) is 10.6. The third-order valence-electron chi connectivity index (χ3n) is 12.8. The van der Waals surface area contributed by atoms with E-state index in [4.69, 9.17) is 5.73 Å². The summed E-state index contributed by atoms with van der Waals surface area (Å²) in [5.74, 6) is 4.57. The topological polar surface area (TPSA) is 90.5 Å². The second-order valence-electron chi connectivity index (χ2n) is 15.5. The molecule has 4 fully saturated rings. The summed E-state index contributed by atoms with van der Waals surface area (Å²) in [6.45, 7) is 16.1. The first kappa shape index (κ1) is 31.7. The first-order valence-electron chi connectivity index (χ1n) is 17.1. The average molecular weight is 548 g/mol. The smallest absolute Gasteiger partial charge is 0.0880 e. The van der Waals surface area contributed by atoms with Gasteiger partial charge in [-0.3, -0.25) is 0 Å². The molecule has 6 N–H and O–H groups in total. The van der Waals surface area contributed by atoms with E-state index in [1.54, 1.807) is 0 Å². The van der Waals surface area contributed by atoms with E-state index in [-0.39, 0.29) is 17.6 Å². The monoisotopic (exact) mass is 548 g/mol. The molecule has 0 amide bonds. The molecule has 0 aromatic heterocycles. The Labute approximate surface area is 241 Å². The number of rotatable bonds is 14. The molecule has 0 aromatic carbocycles. The molecule has 10 atom stereocenters. The predicted octanol–water partition coefficient (Wildman–Crippen LogP) is 5.87. The van der Waals surface area contributed by atoms with Gasteiger partial charge in [-0.1, -0.05) is 53.9 Å². The Bertz CT molecular complexity index is 763. The molecule has 4 aliphatic rings. The third-order valence-corrected chi connectivity index (χ3v) is 12.8. The van der Waals surface area contributed by atoms with E-state index < -0.39 is 5.60 Å². The highest BCUT2D eigenvalue weighted by molar-refractivity contribution is 5.18.